The molecule has 1 N–H and O–H groups in total. The number of H-pyrrole nitrogens is 1. The van der Waals surface area contributed by atoms with Crippen LogP contribution in [0.25, 0.3) is 11.4 Å². The Labute approximate surface area is 84.2 Å². The fourth-order valence-electron chi connectivity index (χ4n) is 1.59. The summed E-state index contributed by atoms with van der Waals surface area (Å²) in [4.78, 5) is 3.22. The molecule has 2 heteroatoms. The number of nitrogens with one attached hydrogen (secondary N) is 1. The van der Waals surface area contributed by atoms with Crippen LogP contribution in [-0.2, 0) is 13.5 Å². The molecule has 1 aromatic carbocycles. The zero-order valence-electron chi connectivity index (χ0n) is 8.62. The number of aromatic nitrogens is 2. The first-order valence-electron chi connectivity index (χ1n) is 4.93. The summed E-state index contributed by atoms with van der Waals surface area (Å²) >= 11 is 0. The molecular weight excluding hydrogens is 172 g/mol. The molecule has 1 aromatic heterocycles. The van der Waals surface area contributed by atoms with Crippen LogP contribution in [0, 0.1) is 0 Å². The number of rotatable bonds is 2. The molecule has 2 nitrogen and oxygen atoms in total. The van der Waals surface area contributed by atoms with E-state index in [1.54, 1.807) is 0 Å². The van der Waals surface area contributed by atoms with Crippen LogP contribution in [0.1, 0.15) is 12.5 Å². The molecule has 14 heavy (non-hydrogen) atoms. The Hall–Kier alpha value is -1.57. The lowest BCUT2D eigenvalue weighted by molar-refractivity contribution is -0.658. The molecule has 0 aliphatic heterocycles. The van der Waals surface area contributed by atoms with Gasteiger partial charge >= 0.3 is 0 Å². The van der Waals surface area contributed by atoms with Crippen molar-refractivity contribution < 1.29 is 4.57 Å². The highest BCUT2D eigenvalue weighted by atomic mass is 15.0. The van der Waals surface area contributed by atoms with Crippen molar-refractivity contribution in [2.45, 2.75) is 13.3 Å². The van der Waals surface area contributed by atoms with Crippen molar-refractivity contribution in [2.24, 2.45) is 7.05 Å². The molecule has 2 aromatic rings. The predicted molar refractivity (Wildman–Crippen MR) is 56.8 cm³/mol. The van der Waals surface area contributed by atoms with Crippen molar-refractivity contribution in [3.05, 3.63) is 42.2 Å². The highest BCUT2D eigenvalue weighted by Crippen LogP contribution is 2.13. The molecular formula is C12H15N2+. The fraction of sp³-hybridized carbons (Fsp3) is 0.250. The fourth-order valence-corrected chi connectivity index (χ4v) is 1.59. The van der Waals surface area contributed by atoms with Gasteiger partial charge in [-0.2, -0.15) is 0 Å². The van der Waals surface area contributed by atoms with Crippen LogP contribution >= 0.6 is 0 Å². The first kappa shape index (κ1) is 9.00. The molecule has 0 spiro atoms. The van der Waals surface area contributed by atoms with Crippen molar-refractivity contribution >= 4 is 0 Å². The Morgan fingerprint density at radius 2 is 1.93 bits per heavy atom. The van der Waals surface area contributed by atoms with E-state index in [1.165, 1.54) is 11.1 Å². The van der Waals surface area contributed by atoms with Crippen LogP contribution in [0.2, 0.25) is 0 Å². The average Bonchev–Trinajstić information content (AvgIpc) is 2.65. The maximum Gasteiger partial charge on any atom is 0.286 e. The van der Waals surface area contributed by atoms with E-state index in [4.69, 9.17) is 0 Å². The van der Waals surface area contributed by atoms with Crippen LogP contribution in [0.15, 0.2) is 36.7 Å². The van der Waals surface area contributed by atoms with E-state index in [0.717, 1.165) is 12.2 Å². The number of benzene rings is 1. The smallest absolute Gasteiger partial charge is 0.243 e. The quantitative estimate of drug-likeness (QED) is 0.694. The van der Waals surface area contributed by atoms with Gasteiger partial charge in [0.2, 0.25) is 0 Å². The summed E-state index contributed by atoms with van der Waals surface area (Å²) in [6, 6.07) is 8.67. The van der Waals surface area contributed by atoms with Crippen LogP contribution in [-0.4, -0.2) is 4.98 Å². The van der Waals surface area contributed by atoms with Gasteiger partial charge in [0, 0.05) is 0 Å². The largest absolute Gasteiger partial charge is 0.286 e. The zero-order chi connectivity index (χ0) is 9.97. The SMILES string of the molecule is CCc1ccc(-c2[nH]cc[n+]2C)cc1. The van der Waals surface area contributed by atoms with Crippen LogP contribution in [0.3, 0.4) is 0 Å². The maximum absolute atomic E-state index is 3.22. The van der Waals surface area contributed by atoms with E-state index in [0.29, 0.717) is 0 Å². The molecule has 72 valence electrons. The highest BCUT2D eigenvalue weighted by molar-refractivity contribution is 5.52. The standard InChI is InChI=1S/C12H14N2/c1-3-10-4-6-11(7-5-10)12-13-8-9-14(12)2/h4-9H,3H2,1-2H3/p+1. The van der Waals surface area contributed by atoms with Gasteiger partial charge in [0.05, 0.1) is 12.6 Å². The van der Waals surface area contributed by atoms with E-state index >= 15 is 0 Å². The topological polar surface area (TPSA) is 19.7 Å². The number of nitrogens with zero attached hydrogens (tertiary/aromatic N) is 1. The monoisotopic (exact) mass is 187 g/mol. The molecule has 0 radical (unpaired) electrons. The minimum atomic E-state index is 1.09. The lowest BCUT2D eigenvalue weighted by Gasteiger charge is -1.98. The third-order valence-corrected chi connectivity index (χ3v) is 2.51. The van der Waals surface area contributed by atoms with E-state index in [1.807, 2.05) is 19.4 Å². The molecule has 0 saturated heterocycles. The van der Waals surface area contributed by atoms with Gasteiger partial charge in [-0.3, -0.25) is 0 Å². The highest BCUT2D eigenvalue weighted by Gasteiger charge is 2.08. The second-order valence-corrected chi connectivity index (χ2v) is 3.47. The van der Waals surface area contributed by atoms with E-state index in [-0.39, 0.29) is 0 Å². The molecule has 0 unspecified atom stereocenters. The minimum absolute atomic E-state index is 1.09. The number of aromatic amines is 1. The van der Waals surface area contributed by atoms with Crippen molar-refractivity contribution in [1.82, 2.24) is 4.98 Å². The van der Waals surface area contributed by atoms with E-state index < -0.39 is 0 Å². The second-order valence-electron chi connectivity index (χ2n) is 3.47. The lowest BCUT2D eigenvalue weighted by atomic mass is 10.1. The molecule has 1 heterocycles. The van der Waals surface area contributed by atoms with Crippen molar-refractivity contribution in [2.75, 3.05) is 0 Å². The van der Waals surface area contributed by atoms with Gasteiger partial charge in [-0.05, 0) is 24.1 Å². The normalized spacial score (nSPS) is 10.4. The van der Waals surface area contributed by atoms with Crippen molar-refractivity contribution in [3.8, 4) is 11.4 Å². The molecule has 2 rings (SSSR count). The predicted octanol–water partition coefficient (Wildman–Crippen LogP) is 2.07. The molecule has 0 bridgehead atoms. The summed E-state index contributed by atoms with van der Waals surface area (Å²) in [5.74, 6) is 1.15. The van der Waals surface area contributed by atoms with Gasteiger partial charge in [-0.15, -0.1) is 0 Å². The summed E-state index contributed by atoms with van der Waals surface area (Å²) in [5.41, 5.74) is 2.61. The Bertz CT molecular complexity index is 412. The molecule has 0 saturated carbocycles. The van der Waals surface area contributed by atoms with E-state index in [2.05, 4.69) is 40.7 Å². The maximum atomic E-state index is 3.22. The summed E-state index contributed by atoms with van der Waals surface area (Å²) in [6.07, 6.45) is 5.06. The first-order valence-corrected chi connectivity index (χ1v) is 4.93. The lowest BCUT2D eigenvalue weighted by Crippen LogP contribution is -2.27. The number of hydrogen-bond acceptors (Lipinski definition) is 0. The first-order chi connectivity index (χ1) is 6.81. The van der Waals surface area contributed by atoms with Crippen LogP contribution in [0.5, 0.6) is 0 Å². The second kappa shape index (κ2) is 3.66. The summed E-state index contributed by atoms with van der Waals surface area (Å²) < 4.78 is 2.08. The number of imidazole rings is 1. The van der Waals surface area contributed by atoms with Crippen LogP contribution in [0.4, 0.5) is 0 Å². The van der Waals surface area contributed by atoms with Gasteiger partial charge in [0.15, 0.2) is 0 Å². The summed E-state index contributed by atoms with van der Waals surface area (Å²) in [6.45, 7) is 2.17. The van der Waals surface area contributed by atoms with Gasteiger partial charge < -0.3 is 0 Å². The molecule has 0 aliphatic rings. The van der Waals surface area contributed by atoms with Crippen molar-refractivity contribution in [1.29, 1.82) is 0 Å². The summed E-state index contributed by atoms with van der Waals surface area (Å²) in [7, 11) is 2.04. The van der Waals surface area contributed by atoms with Crippen molar-refractivity contribution in [3.63, 3.8) is 0 Å². The average molecular weight is 187 g/mol. The van der Waals surface area contributed by atoms with Gasteiger partial charge in [-0.1, -0.05) is 19.1 Å². The van der Waals surface area contributed by atoms with Crippen LogP contribution < -0.4 is 4.57 Å². The molecule has 0 fully saturated rings. The van der Waals surface area contributed by atoms with Gasteiger partial charge in [0.1, 0.15) is 12.4 Å². The van der Waals surface area contributed by atoms with Gasteiger partial charge in [-0.25, -0.2) is 9.55 Å². The Balaban J connectivity index is 2.39. The molecule has 0 aliphatic carbocycles. The molecule has 0 atom stereocenters. The third-order valence-electron chi connectivity index (χ3n) is 2.51. The minimum Gasteiger partial charge on any atom is -0.243 e. The Morgan fingerprint density at radius 3 is 2.43 bits per heavy atom. The molecule has 0 amide bonds. The third kappa shape index (κ3) is 1.55. The Morgan fingerprint density at radius 1 is 1.21 bits per heavy atom. The number of aryl methyl sites for hydroxylation is 2. The van der Waals surface area contributed by atoms with E-state index in [9.17, 15) is 0 Å². The zero-order valence-corrected chi connectivity index (χ0v) is 8.62. The van der Waals surface area contributed by atoms with Gasteiger partial charge in [0.25, 0.3) is 5.82 Å². The summed E-state index contributed by atoms with van der Waals surface area (Å²) in [5, 5.41) is 0. The number of hydrogen-bond donors (Lipinski definition) is 1. The Kier molecular flexibility index (Phi) is 2.35.